The maximum absolute atomic E-state index is 12.2. The smallest absolute Gasteiger partial charge is 0.253 e. The van der Waals surface area contributed by atoms with Crippen LogP contribution >= 0.6 is 0 Å². The van der Waals surface area contributed by atoms with E-state index in [9.17, 15) is 9.70 Å². The summed E-state index contributed by atoms with van der Waals surface area (Å²) in [5, 5.41) is 5.66. The third kappa shape index (κ3) is 5.38. The lowest BCUT2D eigenvalue weighted by Crippen LogP contribution is -2.37. The molecule has 0 atom stereocenters. The minimum Gasteiger partial charge on any atom is -0.383 e. The molecule has 1 amide bonds. The standard InChI is InChI=1S/C16H23N3O4/c1-22-9-5-17-16(20)14-12-13(2-3-15(14)18-21)4-6-19-7-10-23-11-8-19/h2-3,12H,4-11H2,1H3,(H,17,20). The average molecular weight is 321 g/mol. The average Bonchev–Trinajstić information content (AvgIpc) is 2.60. The van der Waals surface area contributed by atoms with Crippen molar-refractivity contribution in [3.8, 4) is 0 Å². The molecule has 7 nitrogen and oxygen atoms in total. The molecule has 0 bridgehead atoms. The molecule has 1 N–H and O–H groups in total. The number of nitrogens with one attached hydrogen (secondary N) is 1. The van der Waals surface area contributed by atoms with E-state index in [2.05, 4.69) is 15.4 Å². The molecule has 1 aliphatic rings. The van der Waals surface area contributed by atoms with Crippen LogP contribution in [0.15, 0.2) is 23.4 Å². The maximum Gasteiger partial charge on any atom is 0.253 e. The summed E-state index contributed by atoms with van der Waals surface area (Å²) in [6.07, 6.45) is 0.817. The number of amides is 1. The van der Waals surface area contributed by atoms with Crippen molar-refractivity contribution < 1.29 is 14.3 Å². The van der Waals surface area contributed by atoms with Gasteiger partial charge in [0.05, 0.1) is 25.4 Å². The Hall–Kier alpha value is -1.83. The highest BCUT2D eigenvalue weighted by molar-refractivity contribution is 5.99. The number of benzene rings is 1. The van der Waals surface area contributed by atoms with Crippen molar-refractivity contribution in [1.82, 2.24) is 10.2 Å². The Morgan fingerprint density at radius 1 is 1.39 bits per heavy atom. The van der Waals surface area contributed by atoms with Crippen LogP contribution < -0.4 is 5.32 Å². The van der Waals surface area contributed by atoms with Crippen LogP contribution in [0, 0.1) is 4.91 Å². The molecule has 126 valence electrons. The van der Waals surface area contributed by atoms with Crippen LogP contribution in [0.5, 0.6) is 0 Å². The van der Waals surface area contributed by atoms with Gasteiger partial charge in [0.1, 0.15) is 5.69 Å². The monoisotopic (exact) mass is 321 g/mol. The van der Waals surface area contributed by atoms with Crippen molar-refractivity contribution in [2.45, 2.75) is 6.42 Å². The molecule has 0 saturated carbocycles. The fraction of sp³-hybridized carbons (Fsp3) is 0.562. The molecule has 1 fully saturated rings. The summed E-state index contributed by atoms with van der Waals surface area (Å²) in [5.41, 5.74) is 1.49. The maximum atomic E-state index is 12.2. The summed E-state index contributed by atoms with van der Waals surface area (Å²) < 4.78 is 10.2. The molecule has 1 aromatic rings. The normalized spacial score (nSPS) is 15.3. The van der Waals surface area contributed by atoms with E-state index in [1.165, 1.54) is 0 Å². The molecule has 1 aromatic carbocycles. The number of carbonyl (C=O) groups is 1. The molecule has 7 heteroatoms. The zero-order chi connectivity index (χ0) is 16.5. The van der Waals surface area contributed by atoms with E-state index in [0.29, 0.717) is 18.7 Å². The molecule has 0 radical (unpaired) electrons. The van der Waals surface area contributed by atoms with Gasteiger partial charge in [-0.3, -0.25) is 9.69 Å². The van der Waals surface area contributed by atoms with Gasteiger partial charge in [-0.25, -0.2) is 0 Å². The van der Waals surface area contributed by atoms with E-state index in [1.54, 1.807) is 19.2 Å². The highest BCUT2D eigenvalue weighted by Crippen LogP contribution is 2.21. The lowest BCUT2D eigenvalue weighted by Gasteiger charge is -2.26. The first-order valence-electron chi connectivity index (χ1n) is 7.78. The molecular weight excluding hydrogens is 298 g/mol. The lowest BCUT2D eigenvalue weighted by molar-refractivity contribution is 0.0384. The van der Waals surface area contributed by atoms with Crippen LogP contribution in [-0.2, 0) is 15.9 Å². The predicted octanol–water partition coefficient (Wildman–Crippen LogP) is 1.34. The Balaban J connectivity index is 1.99. The first kappa shape index (κ1) is 17.5. The molecule has 0 spiro atoms. The Morgan fingerprint density at radius 3 is 2.87 bits per heavy atom. The van der Waals surface area contributed by atoms with E-state index < -0.39 is 0 Å². The number of hydrogen-bond acceptors (Lipinski definition) is 6. The minimum absolute atomic E-state index is 0.162. The number of carbonyl (C=O) groups excluding carboxylic acids is 1. The van der Waals surface area contributed by atoms with E-state index in [4.69, 9.17) is 9.47 Å². The van der Waals surface area contributed by atoms with Gasteiger partial charge in [0.15, 0.2) is 0 Å². The Bertz CT molecular complexity index is 530. The summed E-state index contributed by atoms with van der Waals surface area (Å²) >= 11 is 0. The van der Waals surface area contributed by atoms with Crippen molar-refractivity contribution in [2.24, 2.45) is 5.18 Å². The van der Waals surface area contributed by atoms with Gasteiger partial charge in [-0.15, -0.1) is 4.91 Å². The van der Waals surface area contributed by atoms with Gasteiger partial charge >= 0.3 is 0 Å². The van der Waals surface area contributed by atoms with Crippen molar-refractivity contribution >= 4 is 11.6 Å². The zero-order valence-corrected chi connectivity index (χ0v) is 13.4. The summed E-state index contributed by atoms with van der Waals surface area (Å²) in [5.74, 6) is -0.301. The van der Waals surface area contributed by atoms with Crippen LogP contribution in [-0.4, -0.2) is 63.9 Å². The Kier molecular flexibility index (Phi) is 7.12. The number of morpholine rings is 1. The van der Waals surface area contributed by atoms with Gasteiger partial charge in [0.2, 0.25) is 0 Å². The molecule has 0 aromatic heterocycles. The second-order valence-electron chi connectivity index (χ2n) is 5.40. The summed E-state index contributed by atoms with van der Waals surface area (Å²) in [6, 6.07) is 5.20. The van der Waals surface area contributed by atoms with Gasteiger partial charge in [0, 0.05) is 33.3 Å². The minimum atomic E-state index is -0.301. The van der Waals surface area contributed by atoms with Crippen molar-refractivity contribution in [2.75, 3.05) is 53.1 Å². The molecular formula is C16H23N3O4. The largest absolute Gasteiger partial charge is 0.383 e. The topological polar surface area (TPSA) is 80.2 Å². The van der Waals surface area contributed by atoms with E-state index >= 15 is 0 Å². The van der Waals surface area contributed by atoms with Crippen LogP contribution in [0.3, 0.4) is 0 Å². The molecule has 23 heavy (non-hydrogen) atoms. The van der Waals surface area contributed by atoms with Gasteiger partial charge in [-0.05, 0) is 29.3 Å². The van der Waals surface area contributed by atoms with Gasteiger partial charge in [-0.2, -0.15) is 0 Å². The highest BCUT2D eigenvalue weighted by Gasteiger charge is 2.14. The summed E-state index contributed by atoms with van der Waals surface area (Å²) in [6.45, 7) is 5.11. The predicted molar refractivity (Wildman–Crippen MR) is 87.1 cm³/mol. The quantitative estimate of drug-likeness (QED) is 0.577. The van der Waals surface area contributed by atoms with Crippen molar-refractivity contribution in [3.63, 3.8) is 0 Å². The number of nitroso groups, excluding NO2 is 1. The third-order valence-electron chi connectivity index (χ3n) is 3.82. The lowest BCUT2D eigenvalue weighted by atomic mass is 10.1. The molecule has 0 unspecified atom stereocenters. The zero-order valence-electron chi connectivity index (χ0n) is 13.4. The highest BCUT2D eigenvalue weighted by atomic mass is 16.5. The number of methoxy groups -OCH3 is 1. The fourth-order valence-electron chi connectivity index (χ4n) is 2.47. The van der Waals surface area contributed by atoms with Gasteiger partial charge in [-0.1, -0.05) is 6.07 Å². The second kappa shape index (κ2) is 9.34. The van der Waals surface area contributed by atoms with Crippen LogP contribution in [0.4, 0.5) is 5.69 Å². The third-order valence-corrected chi connectivity index (χ3v) is 3.82. The molecule has 1 aliphatic heterocycles. The molecule has 1 saturated heterocycles. The van der Waals surface area contributed by atoms with E-state index in [0.717, 1.165) is 44.8 Å². The van der Waals surface area contributed by atoms with Crippen LogP contribution in [0.25, 0.3) is 0 Å². The Labute approximate surface area is 135 Å². The Morgan fingerprint density at radius 2 is 2.17 bits per heavy atom. The van der Waals surface area contributed by atoms with Crippen LogP contribution in [0.2, 0.25) is 0 Å². The van der Waals surface area contributed by atoms with Gasteiger partial charge < -0.3 is 14.8 Å². The van der Waals surface area contributed by atoms with E-state index in [1.807, 2.05) is 6.07 Å². The molecule has 0 aliphatic carbocycles. The number of ether oxygens (including phenoxy) is 2. The SMILES string of the molecule is COCCNC(=O)c1cc(CCN2CCOCC2)ccc1N=O. The molecule has 1 heterocycles. The summed E-state index contributed by atoms with van der Waals surface area (Å²) in [7, 11) is 1.57. The van der Waals surface area contributed by atoms with Gasteiger partial charge in [0.25, 0.3) is 5.91 Å². The number of rotatable bonds is 8. The van der Waals surface area contributed by atoms with Crippen molar-refractivity contribution in [1.29, 1.82) is 0 Å². The summed E-state index contributed by atoms with van der Waals surface area (Å²) in [4.78, 5) is 25.4. The first-order valence-corrected chi connectivity index (χ1v) is 7.78. The molecule has 2 rings (SSSR count). The second-order valence-corrected chi connectivity index (χ2v) is 5.40. The number of nitrogens with zero attached hydrogens (tertiary/aromatic N) is 2. The first-order chi connectivity index (χ1) is 11.2. The van der Waals surface area contributed by atoms with E-state index in [-0.39, 0.29) is 11.6 Å². The number of hydrogen-bond donors (Lipinski definition) is 1. The van der Waals surface area contributed by atoms with Crippen molar-refractivity contribution in [3.05, 3.63) is 34.2 Å². The fourth-order valence-corrected chi connectivity index (χ4v) is 2.47. The van der Waals surface area contributed by atoms with Crippen LogP contribution in [0.1, 0.15) is 15.9 Å².